The summed E-state index contributed by atoms with van der Waals surface area (Å²) in [5.41, 5.74) is 3.05. The fourth-order valence-corrected chi connectivity index (χ4v) is 4.07. The number of Topliss-reactive ketones (excluding diaryl/α,β-unsaturated/α-hetero) is 1. The van der Waals surface area contributed by atoms with E-state index in [0.29, 0.717) is 46.7 Å². The third-order valence-electron chi connectivity index (χ3n) is 5.79. The lowest BCUT2D eigenvalue weighted by atomic mass is 9.96. The lowest BCUT2D eigenvalue weighted by molar-refractivity contribution is -0.126. The lowest BCUT2D eigenvalue weighted by Crippen LogP contribution is -2.33. The molecule has 2 N–H and O–H groups in total. The normalized spacial score (nSPS) is 14.5. The van der Waals surface area contributed by atoms with Crippen LogP contribution in [0.5, 0.6) is 0 Å². The quantitative estimate of drug-likeness (QED) is 0.401. The molecule has 4 rings (SSSR count). The number of carbonyl (C=O) groups is 4. The topological polar surface area (TPSA) is 95.6 Å². The van der Waals surface area contributed by atoms with E-state index in [1.54, 1.807) is 66.4 Å². The maximum atomic E-state index is 13.2. The number of ketones is 1. The average Bonchev–Trinajstić information content (AvgIpc) is 3.14. The Morgan fingerprint density at radius 1 is 0.824 bits per heavy atom. The molecule has 7 heteroatoms. The van der Waals surface area contributed by atoms with Crippen LogP contribution in [0.3, 0.4) is 0 Å². The average molecular weight is 456 g/mol. The largest absolute Gasteiger partial charge is 0.325 e. The van der Waals surface area contributed by atoms with Crippen molar-refractivity contribution in [1.82, 2.24) is 0 Å². The van der Waals surface area contributed by atoms with Crippen LogP contribution in [0.1, 0.15) is 52.5 Å². The predicted molar refractivity (Wildman–Crippen MR) is 131 cm³/mol. The highest BCUT2D eigenvalue weighted by Crippen LogP contribution is 2.38. The first kappa shape index (κ1) is 22.9. The number of nitrogens with zero attached hydrogens (tertiary/aromatic N) is 1. The molecule has 1 heterocycles. The van der Waals surface area contributed by atoms with E-state index in [0.717, 1.165) is 0 Å². The van der Waals surface area contributed by atoms with Gasteiger partial charge in [0.1, 0.15) is 5.92 Å². The summed E-state index contributed by atoms with van der Waals surface area (Å²) >= 11 is 0. The first-order chi connectivity index (χ1) is 16.4. The van der Waals surface area contributed by atoms with Gasteiger partial charge < -0.3 is 15.5 Å². The second-order valence-electron chi connectivity index (χ2n) is 7.96. The van der Waals surface area contributed by atoms with Crippen LogP contribution in [0.4, 0.5) is 17.1 Å². The minimum absolute atomic E-state index is 0.0542. The fraction of sp³-hybridized carbons (Fsp3) is 0.185. The maximum Gasteiger partial charge on any atom is 0.255 e. The molecule has 7 nitrogen and oxygen atoms in total. The monoisotopic (exact) mass is 455 g/mol. The summed E-state index contributed by atoms with van der Waals surface area (Å²) in [6.45, 7) is 4.01. The third-order valence-corrected chi connectivity index (χ3v) is 5.79. The van der Waals surface area contributed by atoms with Crippen molar-refractivity contribution in [2.45, 2.75) is 26.2 Å². The number of para-hydroxylation sites is 1. The van der Waals surface area contributed by atoms with Crippen LogP contribution < -0.4 is 15.5 Å². The Labute approximate surface area is 197 Å². The summed E-state index contributed by atoms with van der Waals surface area (Å²) in [4.78, 5) is 52.7. The van der Waals surface area contributed by atoms with E-state index in [2.05, 4.69) is 10.6 Å². The zero-order chi connectivity index (χ0) is 24.2. The van der Waals surface area contributed by atoms with Crippen molar-refractivity contribution in [3.05, 3.63) is 89.5 Å². The van der Waals surface area contributed by atoms with Crippen LogP contribution in [-0.4, -0.2) is 30.0 Å². The molecule has 0 aliphatic carbocycles. The van der Waals surface area contributed by atoms with Gasteiger partial charge in [0, 0.05) is 41.2 Å². The zero-order valence-corrected chi connectivity index (χ0v) is 19.0. The first-order valence-corrected chi connectivity index (χ1v) is 11.2. The molecule has 0 saturated carbocycles. The fourth-order valence-electron chi connectivity index (χ4n) is 4.07. The number of fused-ring (bicyclic) bond motifs is 1. The van der Waals surface area contributed by atoms with Gasteiger partial charge in [-0.25, -0.2) is 0 Å². The number of amides is 3. The molecular formula is C27H25N3O4. The molecule has 1 unspecified atom stereocenters. The molecule has 0 bridgehead atoms. The van der Waals surface area contributed by atoms with Crippen molar-refractivity contribution in [1.29, 1.82) is 0 Å². The van der Waals surface area contributed by atoms with E-state index >= 15 is 0 Å². The molecular weight excluding hydrogens is 430 g/mol. The van der Waals surface area contributed by atoms with Gasteiger partial charge in [0.2, 0.25) is 11.8 Å². The number of hydrogen-bond donors (Lipinski definition) is 2. The van der Waals surface area contributed by atoms with Crippen LogP contribution in [0.25, 0.3) is 0 Å². The molecule has 0 radical (unpaired) electrons. The molecule has 0 fully saturated rings. The molecule has 0 spiro atoms. The third kappa shape index (κ3) is 4.45. The van der Waals surface area contributed by atoms with Gasteiger partial charge in [-0.3, -0.25) is 19.2 Å². The number of hydrogen-bond acceptors (Lipinski definition) is 4. The van der Waals surface area contributed by atoms with Gasteiger partial charge in [-0.2, -0.15) is 0 Å². The zero-order valence-electron chi connectivity index (χ0n) is 19.0. The number of rotatable bonds is 7. The molecule has 1 aliphatic rings. The van der Waals surface area contributed by atoms with Crippen molar-refractivity contribution in [3.63, 3.8) is 0 Å². The molecule has 3 amide bonds. The SMILES string of the molecule is CCC(=O)c1ccc2c(c1)C(C(=O)Nc1cccc(C(=O)Nc3ccccc3)c1)C(=O)N2CC. The van der Waals surface area contributed by atoms with Crippen molar-refractivity contribution in [2.24, 2.45) is 0 Å². The smallest absolute Gasteiger partial charge is 0.255 e. The van der Waals surface area contributed by atoms with Gasteiger partial charge in [-0.15, -0.1) is 0 Å². The Bertz CT molecular complexity index is 1270. The van der Waals surface area contributed by atoms with Crippen LogP contribution in [-0.2, 0) is 9.59 Å². The van der Waals surface area contributed by atoms with Crippen molar-refractivity contribution < 1.29 is 19.2 Å². The first-order valence-electron chi connectivity index (χ1n) is 11.2. The van der Waals surface area contributed by atoms with E-state index in [4.69, 9.17) is 0 Å². The second kappa shape index (κ2) is 9.70. The van der Waals surface area contributed by atoms with Crippen LogP contribution in [0.15, 0.2) is 72.8 Å². The van der Waals surface area contributed by atoms with Crippen molar-refractivity contribution >= 4 is 40.6 Å². The highest BCUT2D eigenvalue weighted by atomic mass is 16.2. The second-order valence-corrected chi connectivity index (χ2v) is 7.96. The van der Waals surface area contributed by atoms with Gasteiger partial charge in [-0.1, -0.05) is 31.2 Å². The van der Waals surface area contributed by atoms with Crippen molar-refractivity contribution in [3.8, 4) is 0 Å². The van der Waals surface area contributed by atoms with E-state index in [1.807, 2.05) is 25.1 Å². The molecule has 0 saturated heterocycles. The minimum Gasteiger partial charge on any atom is -0.325 e. The van der Waals surface area contributed by atoms with E-state index in [-0.39, 0.29) is 17.6 Å². The van der Waals surface area contributed by atoms with Gasteiger partial charge in [0.05, 0.1) is 0 Å². The summed E-state index contributed by atoms with van der Waals surface area (Å²) in [6.07, 6.45) is 0.332. The Balaban J connectivity index is 1.57. The number of nitrogens with one attached hydrogen (secondary N) is 2. The number of likely N-dealkylation sites (N-methyl/N-ethyl adjacent to an activating group) is 1. The van der Waals surface area contributed by atoms with Gasteiger partial charge in [-0.05, 0) is 61.0 Å². The summed E-state index contributed by atoms with van der Waals surface area (Å²) in [5, 5.41) is 5.58. The van der Waals surface area contributed by atoms with Gasteiger partial charge >= 0.3 is 0 Å². The predicted octanol–water partition coefficient (Wildman–Crippen LogP) is 4.62. The van der Waals surface area contributed by atoms with E-state index < -0.39 is 11.8 Å². The summed E-state index contributed by atoms with van der Waals surface area (Å²) in [7, 11) is 0. The van der Waals surface area contributed by atoms with Crippen LogP contribution in [0, 0.1) is 0 Å². The maximum absolute atomic E-state index is 13.2. The Morgan fingerprint density at radius 2 is 1.56 bits per heavy atom. The Morgan fingerprint density at radius 3 is 2.26 bits per heavy atom. The molecule has 3 aromatic rings. The van der Waals surface area contributed by atoms with Gasteiger partial charge in [0.15, 0.2) is 5.78 Å². The molecule has 1 atom stereocenters. The summed E-state index contributed by atoms with van der Waals surface area (Å²) in [5.74, 6) is -2.29. The Hall–Kier alpha value is -4.26. The van der Waals surface area contributed by atoms with E-state index in [1.165, 1.54) is 0 Å². The molecule has 0 aromatic heterocycles. The highest BCUT2D eigenvalue weighted by molar-refractivity contribution is 6.21. The number of anilines is 3. The summed E-state index contributed by atoms with van der Waals surface area (Å²) < 4.78 is 0. The standard InChI is InChI=1S/C27H25N3O4/c1-3-23(31)17-13-14-22-21(16-17)24(27(34)30(22)4-2)26(33)29-20-12-8-9-18(15-20)25(32)28-19-10-6-5-7-11-19/h5-16,24H,3-4H2,1-2H3,(H,28,32)(H,29,33). The minimum atomic E-state index is -1.07. The van der Waals surface area contributed by atoms with Crippen molar-refractivity contribution in [2.75, 3.05) is 22.1 Å². The summed E-state index contributed by atoms with van der Waals surface area (Å²) in [6, 6.07) is 20.6. The molecule has 172 valence electrons. The number of benzene rings is 3. The number of carbonyl (C=O) groups excluding carboxylic acids is 4. The Kier molecular flexibility index (Phi) is 6.54. The molecule has 3 aromatic carbocycles. The lowest BCUT2D eigenvalue weighted by Gasteiger charge is -2.15. The highest BCUT2D eigenvalue weighted by Gasteiger charge is 2.41. The van der Waals surface area contributed by atoms with Crippen LogP contribution >= 0.6 is 0 Å². The van der Waals surface area contributed by atoms with Crippen LogP contribution in [0.2, 0.25) is 0 Å². The molecule has 34 heavy (non-hydrogen) atoms. The van der Waals surface area contributed by atoms with Gasteiger partial charge in [0.25, 0.3) is 5.91 Å². The van der Waals surface area contributed by atoms with E-state index in [9.17, 15) is 19.2 Å². The molecule has 1 aliphatic heterocycles.